The molecule has 0 spiro atoms. The molecule has 0 saturated heterocycles. The lowest BCUT2D eigenvalue weighted by molar-refractivity contribution is 0.316. The third-order valence-electron chi connectivity index (χ3n) is 1.86. The fraction of sp³-hybridized carbons (Fsp3) is 0.400. The first-order valence-corrected chi connectivity index (χ1v) is 4.41. The van der Waals surface area contributed by atoms with Gasteiger partial charge in [-0.15, -0.1) is 0 Å². The van der Waals surface area contributed by atoms with Gasteiger partial charge in [-0.3, -0.25) is 0 Å². The van der Waals surface area contributed by atoms with Crippen molar-refractivity contribution in [3.63, 3.8) is 0 Å². The summed E-state index contributed by atoms with van der Waals surface area (Å²) in [7, 11) is 0. The van der Waals surface area contributed by atoms with E-state index < -0.39 is 17.8 Å². The number of benzene rings is 1. The van der Waals surface area contributed by atoms with Gasteiger partial charge in [-0.05, 0) is 30.7 Å². The Morgan fingerprint density at radius 3 is 2.21 bits per heavy atom. The second kappa shape index (κ2) is 5.00. The van der Waals surface area contributed by atoms with Gasteiger partial charge >= 0.3 is 0 Å². The van der Waals surface area contributed by atoms with E-state index in [0.29, 0.717) is 5.56 Å². The Morgan fingerprint density at radius 1 is 1.14 bits per heavy atom. The summed E-state index contributed by atoms with van der Waals surface area (Å²) in [6.07, 6.45) is -0.925. The maximum absolute atomic E-state index is 13.0. The van der Waals surface area contributed by atoms with Crippen LogP contribution in [0.3, 0.4) is 0 Å². The Bertz CT molecular complexity index is 281. The zero-order valence-corrected chi connectivity index (χ0v) is 7.64. The van der Waals surface area contributed by atoms with Crippen LogP contribution in [0, 0.1) is 11.6 Å². The van der Waals surface area contributed by atoms with Gasteiger partial charge in [0.05, 0.1) is 0 Å². The molecule has 1 unspecified atom stereocenters. The third kappa shape index (κ3) is 3.38. The average molecular weight is 203 g/mol. The smallest absolute Gasteiger partial charge is 0.126 e. The first-order valence-electron chi connectivity index (χ1n) is 4.41. The van der Waals surface area contributed by atoms with Crippen molar-refractivity contribution < 1.29 is 13.2 Å². The number of nitrogens with two attached hydrogens (primary N) is 1. The molecule has 14 heavy (non-hydrogen) atoms. The van der Waals surface area contributed by atoms with Crippen LogP contribution < -0.4 is 5.73 Å². The Morgan fingerprint density at radius 2 is 1.71 bits per heavy atom. The van der Waals surface area contributed by atoms with Gasteiger partial charge in [0.1, 0.15) is 17.8 Å². The molecule has 0 aromatic heterocycles. The molecule has 0 saturated carbocycles. The molecule has 0 heterocycles. The van der Waals surface area contributed by atoms with Gasteiger partial charge in [-0.25, -0.2) is 13.2 Å². The van der Waals surface area contributed by atoms with Gasteiger partial charge in [-0.2, -0.15) is 0 Å². The summed E-state index contributed by atoms with van der Waals surface area (Å²) in [5.74, 6) is -1.36. The lowest BCUT2D eigenvalue weighted by atomic mass is 10.1. The summed E-state index contributed by atoms with van der Waals surface area (Å²) in [4.78, 5) is 0. The van der Waals surface area contributed by atoms with Gasteiger partial charge in [0.25, 0.3) is 0 Å². The van der Waals surface area contributed by atoms with E-state index in [-0.39, 0.29) is 19.4 Å². The summed E-state index contributed by atoms with van der Waals surface area (Å²) in [5.41, 5.74) is 5.48. The molecule has 2 N–H and O–H groups in total. The molecule has 0 radical (unpaired) electrons. The zero-order chi connectivity index (χ0) is 10.6. The van der Waals surface area contributed by atoms with Gasteiger partial charge < -0.3 is 5.73 Å². The van der Waals surface area contributed by atoms with E-state index in [9.17, 15) is 13.2 Å². The average Bonchev–Trinajstić information content (AvgIpc) is 2.01. The molecule has 0 aliphatic rings. The minimum Gasteiger partial charge on any atom is -0.330 e. The van der Waals surface area contributed by atoms with Gasteiger partial charge in [-0.1, -0.05) is 0 Å². The van der Waals surface area contributed by atoms with Crippen LogP contribution in [-0.2, 0) is 6.42 Å². The van der Waals surface area contributed by atoms with E-state index in [1.165, 1.54) is 0 Å². The predicted octanol–water partition coefficient (Wildman–Crippen LogP) is 2.19. The topological polar surface area (TPSA) is 26.0 Å². The highest BCUT2D eigenvalue weighted by Crippen LogP contribution is 2.12. The molecular formula is C10H12F3N. The van der Waals surface area contributed by atoms with Gasteiger partial charge in [0.2, 0.25) is 0 Å². The highest BCUT2D eigenvalue weighted by atomic mass is 19.1. The summed E-state index contributed by atoms with van der Waals surface area (Å²) in [6, 6.07) is 3.03. The highest BCUT2D eigenvalue weighted by Gasteiger charge is 2.08. The molecule has 1 aromatic carbocycles. The predicted molar refractivity (Wildman–Crippen MR) is 48.6 cm³/mol. The fourth-order valence-corrected chi connectivity index (χ4v) is 1.27. The molecule has 0 fully saturated rings. The summed E-state index contributed by atoms with van der Waals surface area (Å²) < 4.78 is 38.4. The lowest BCUT2D eigenvalue weighted by Gasteiger charge is -2.06. The molecule has 0 aliphatic heterocycles. The largest absolute Gasteiger partial charge is 0.330 e. The highest BCUT2D eigenvalue weighted by molar-refractivity contribution is 5.18. The second-order valence-electron chi connectivity index (χ2n) is 3.16. The zero-order valence-electron chi connectivity index (χ0n) is 7.64. The minimum absolute atomic E-state index is 0.00583. The maximum atomic E-state index is 13.0. The molecule has 1 rings (SSSR count). The summed E-state index contributed by atoms with van der Waals surface area (Å²) in [6.45, 7) is 0.235. The van der Waals surface area contributed by atoms with Crippen molar-refractivity contribution in [2.45, 2.75) is 19.0 Å². The molecule has 1 atom stereocenters. The van der Waals surface area contributed by atoms with Crippen molar-refractivity contribution in [3.05, 3.63) is 35.4 Å². The monoisotopic (exact) mass is 203 g/mol. The van der Waals surface area contributed by atoms with Crippen LogP contribution in [0.1, 0.15) is 12.0 Å². The van der Waals surface area contributed by atoms with Crippen LogP contribution in [0.2, 0.25) is 0 Å². The second-order valence-corrected chi connectivity index (χ2v) is 3.16. The van der Waals surface area contributed by atoms with Gasteiger partial charge in [0.15, 0.2) is 0 Å². The standard InChI is InChI=1S/C10H12F3N/c11-8(1-2-14)3-7-4-9(12)6-10(13)5-7/h4-6,8H,1-3,14H2. The molecule has 1 nitrogen and oxygen atoms in total. The number of halogens is 3. The molecule has 4 heteroatoms. The van der Waals surface area contributed by atoms with E-state index in [2.05, 4.69) is 0 Å². The molecular weight excluding hydrogens is 191 g/mol. The Hall–Kier alpha value is -1.03. The fourth-order valence-electron chi connectivity index (χ4n) is 1.27. The molecule has 78 valence electrons. The van der Waals surface area contributed by atoms with Crippen molar-refractivity contribution in [1.29, 1.82) is 0 Å². The van der Waals surface area contributed by atoms with Crippen molar-refractivity contribution in [1.82, 2.24) is 0 Å². The molecule has 1 aromatic rings. The minimum atomic E-state index is -1.14. The van der Waals surface area contributed by atoms with Crippen LogP contribution >= 0.6 is 0 Å². The van der Waals surface area contributed by atoms with Crippen molar-refractivity contribution >= 4 is 0 Å². The normalized spacial score (nSPS) is 12.9. The van der Waals surface area contributed by atoms with Crippen molar-refractivity contribution in [2.75, 3.05) is 6.54 Å². The van der Waals surface area contributed by atoms with E-state index in [1.54, 1.807) is 0 Å². The summed E-state index contributed by atoms with van der Waals surface area (Å²) in [5, 5.41) is 0. The Labute approximate surface area is 80.7 Å². The molecule has 0 amide bonds. The Kier molecular flexibility index (Phi) is 3.95. The number of rotatable bonds is 4. The third-order valence-corrected chi connectivity index (χ3v) is 1.86. The van der Waals surface area contributed by atoms with Crippen LogP contribution in [0.15, 0.2) is 18.2 Å². The van der Waals surface area contributed by atoms with Crippen molar-refractivity contribution in [2.24, 2.45) is 5.73 Å². The van der Waals surface area contributed by atoms with Gasteiger partial charge in [0, 0.05) is 12.5 Å². The van der Waals surface area contributed by atoms with E-state index >= 15 is 0 Å². The van der Waals surface area contributed by atoms with E-state index in [1.807, 2.05) is 0 Å². The van der Waals surface area contributed by atoms with Crippen LogP contribution in [0.5, 0.6) is 0 Å². The van der Waals surface area contributed by atoms with Crippen LogP contribution in [-0.4, -0.2) is 12.7 Å². The lowest BCUT2D eigenvalue weighted by Crippen LogP contribution is -2.12. The number of hydrogen-bond acceptors (Lipinski definition) is 1. The first kappa shape index (κ1) is 11.0. The number of hydrogen-bond donors (Lipinski definition) is 1. The quantitative estimate of drug-likeness (QED) is 0.797. The van der Waals surface area contributed by atoms with E-state index in [0.717, 1.165) is 18.2 Å². The maximum Gasteiger partial charge on any atom is 0.126 e. The summed E-state index contributed by atoms with van der Waals surface area (Å²) >= 11 is 0. The van der Waals surface area contributed by atoms with Crippen LogP contribution in [0.25, 0.3) is 0 Å². The SMILES string of the molecule is NCCC(F)Cc1cc(F)cc(F)c1. The molecule has 0 aliphatic carbocycles. The van der Waals surface area contributed by atoms with Crippen molar-refractivity contribution in [3.8, 4) is 0 Å². The first-order chi connectivity index (χ1) is 6.61. The van der Waals surface area contributed by atoms with Crippen LogP contribution in [0.4, 0.5) is 13.2 Å². The number of alkyl halides is 1. The Balaban J connectivity index is 2.66. The van der Waals surface area contributed by atoms with E-state index in [4.69, 9.17) is 5.73 Å². The molecule has 0 bridgehead atoms.